The van der Waals surface area contributed by atoms with Gasteiger partial charge in [-0.15, -0.1) is 6.58 Å². The first kappa shape index (κ1) is 12.7. The van der Waals surface area contributed by atoms with Gasteiger partial charge in [-0.25, -0.2) is 0 Å². The maximum absolute atomic E-state index is 7.80. The standard InChI is InChI=1S/C6H12.C2H6OS/c1-3-5-6-4-2;3-1-2-4/h3H,1,4-6H2,2H3;3-4H,1-2H2. The lowest BCUT2D eigenvalue weighted by molar-refractivity contribution is 0.323. The molecule has 0 atom stereocenters. The van der Waals surface area contributed by atoms with Gasteiger partial charge in [0.1, 0.15) is 0 Å². The van der Waals surface area contributed by atoms with E-state index in [1.165, 1.54) is 19.3 Å². The van der Waals surface area contributed by atoms with Gasteiger partial charge >= 0.3 is 0 Å². The molecule has 0 bridgehead atoms. The highest BCUT2D eigenvalue weighted by atomic mass is 32.1. The van der Waals surface area contributed by atoms with Gasteiger partial charge < -0.3 is 5.11 Å². The minimum absolute atomic E-state index is 0.184. The van der Waals surface area contributed by atoms with Crippen molar-refractivity contribution in [3.63, 3.8) is 0 Å². The van der Waals surface area contributed by atoms with E-state index in [4.69, 9.17) is 5.11 Å². The normalized spacial score (nSPS) is 7.90. The molecule has 62 valence electrons. The van der Waals surface area contributed by atoms with Crippen LogP contribution in [0.15, 0.2) is 12.7 Å². The van der Waals surface area contributed by atoms with Crippen LogP contribution in [0.1, 0.15) is 26.2 Å². The number of thiol groups is 1. The molecule has 0 fully saturated rings. The SMILES string of the molecule is C=CCCCC.OCCS. The number of unbranched alkanes of at least 4 members (excludes halogenated alkanes) is 2. The Morgan fingerprint density at radius 3 is 2.20 bits per heavy atom. The molecule has 2 heteroatoms. The van der Waals surface area contributed by atoms with Gasteiger partial charge in [0.2, 0.25) is 0 Å². The zero-order chi connectivity index (χ0) is 8.24. The molecule has 0 aromatic heterocycles. The predicted octanol–water partition coefficient (Wildman–Crippen LogP) is 2.27. The zero-order valence-corrected chi connectivity index (χ0v) is 7.61. The summed E-state index contributed by atoms with van der Waals surface area (Å²) >= 11 is 3.67. The highest BCUT2D eigenvalue weighted by molar-refractivity contribution is 7.80. The van der Waals surface area contributed by atoms with E-state index in [1.807, 2.05) is 6.08 Å². The molecule has 0 unspecified atom stereocenters. The fourth-order valence-electron chi connectivity index (χ4n) is 0.348. The lowest BCUT2D eigenvalue weighted by atomic mass is 10.3. The third kappa shape index (κ3) is 24.4. The van der Waals surface area contributed by atoms with Crippen molar-refractivity contribution in [3.8, 4) is 0 Å². The molecule has 0 heterocycles. The Balaban J connectivity index is 0. The van der Waals surface area contributed by atoms with Gasteiger partial charge in [-0.3, -0.25) is 0 Å². The molecule has 0 amide bonds. The lowest BCUT2D eigenvalue weighted by Gasteiger charge is -1.81. The second kappa shape index (κ2) is 16.0. The van der Waals surface area contributed by atoms with Crippen molar-refractivity contribution in [1.82, 2.24) is 0 Å². The largest absolute Gasteiger partial charge is 0.396 e. The molecular formula is C8H18OS. The van der Waals surface area contributed by atoms with Crippen LogP contribution in [0.3, 0.4) is 0 Å². The van der Waals surface area contributed by atoms with Crippen LogP contribution in [-0.4, -0.2) is 17.5 Å². The summed E-state index contributed by atoms with van der Waals surface area (Å²) in [6, 6.07) is 0. The van der Waals surface area contributed by atoms with E-state index in [0.29, 0.717) is 5.75 Å². The Kier molecular flexibility index (Phi) is 20.4. The van der Waals surface area contributed by atoms with Crippen molar-refractivity contribution in [2.75, 3.05) is 12.4 Å². The fraction of sp³-hybridized carbons (Fsp3) is 0.750. The van der Waals surface area contributed by atoms with Crippen molar-refractivity contribution >= 4 is 12.6 Å². The third-order valence-electron chi connectivity index (χ3n) is 0.862. The number of allylic oxidation sites excluding steroid dienone is 1. The third-order valence-corrected chi connectivity index (χ3v) is 1.06. The number of hydrogen-bond donors (Lipinski definition) is 2. The monoisotopic (exact) mass is 162 g/mol. The highest BCUT2D eigenvalue weighted by Crippen LogP contribution is 1.91. The summed E-state index contributed by atoms with van der Waals surface area (Å²) in [6.07, 6.45) is 5.72. The topological polar surface area (TPSA) is 20.2 Å². The first-order valence-electron chi connectivity index (χ1n) is 3.66. The highest BCUT2D eigenvalue weighted by Gasteiger charge is 1.71. The van der Waals surface area contributed by atoms with Gasteiger partial charge in [0.15, 0.2) is 0 Å². The summed E-state index contributed by atoms with van der Waals surface area (Å²) in [7, 11) is 0. The Bertz CT molecular complexity index is 53.2. The van der Waals surface area contributed by atoms with Crippen LogP contribution in [-0.2, 0) is 0 Å². The summed E-state index contributed by atoms with van der Waals surface area (Å²) in [6.45, 7) is 5.97. The molecule has 0 saturated heterocycles. The molecule has 0 aromatic carbocycles. The Labute approximate surface area is 69.6 Å². The van der Waals surface area contributed by atoms with Crippen LogP contribution in [0, 0.1) is 0 Å². The molecule has 0 aliphatic carbocycles. The zero-order valence-electron chi connectivity index (χ0n) is 6.71. The molecule has 0 aliphatic heterocycles. The molecule has 1 N–H and O–H groups in total. The van der Waals surface area contributed by atoms with Crippen LogP contribution in [0.5, 0.6) is 0 Å². The first-order valence-corrected chi connectivity index (χ1v) is 4.29. The Hall–Kier alpha value is 0.0500. The summed E-state index contributed by atoms with van der Waals surface area (Å²) in [5.41, 5.74) is 0. The van der Waals surface area contributed by atoms with Crippen molar-refractivity contribution in [1.29, 1.82) is 0 Å². The molecule has 10 heavy (non-hydrogen) atoms. The molecule has 0 saturated carbocycles. The number of aliphatic hydroxyl groups excluding tert-OH is 1. The smallest absolute Gasteiger partial charge is 0.0519 e. The van der Waals surface area contributed by atoms with Gasteiger partial charge in [-0.2, -0.15) is 12.6 Å². The van der Waals surface area contributed by atoms with E-state index in [0.717, 1.165) is 0 Å². The minimum Gasteiger partial charge on any atom is -0.396 e. The summed E-state index contributed by atoms with van der Waals surface area (Å²) < 4.78 is 0. The van der Waals surface area contributed by atoms with Gasteiger partial charge in [0.25, 0.3) is 0 Å². The molecule has 0 rings (SSSR count). The van der Waals surface area contributed by atoms with E-state index in [9.17, 15) is 0 Å². The molecule has 0 aromatic rings. The van der Waals surface area contributed by atoms with E-state index in [2.05, 4.69) is 26.1 Å². The van der Waals surface area contributed by atoms with E-state index < -0.39 is 0 Å². The molecular weight excluding hydrogens is 144 g/mol. The molecule has 0 radical (unpaired) electrons. The number of rotatable bonds is 4. The lowest BCUT2D eigenvalue weighted by Crippen LogP contribution is -1.76. The van der Waals surface area contributed by atoms with Crippen LogP contribution < -0.4 is 0 Å². The predicted molar refractivity (Wildman–Crippen MR) is 50.7 cm³/mol. The van der Waals surface area contributed by atoms with Crippen LogP contribution >= 0.6 is 12.6 Å². The van der Waals surface area contributed by atoms with E-state index in [1.54, 1.807) is 0 Å². The summed E-state index contributed by atoms with van der Waals surface area (Å²) in [4.78, 5) is 0. The maximum atomic E-state index is 7.80. The summed E-state index contributed by atoms with van der Waals surface area (Å²) in [5.74, 6) is 0.569. The quantitative estimate of drug-likeness (QED) is 0.369. The minimum atomic E-state index is 0.184. The van der Waals surface area contributed by atoms with Crippen LogP contribution in [0.2, 0.25) is 0 Å². The Morgan fingerprint density at radius 2 is 2.10 bits per heavy atom. The first-order chi connectivity index (χ1) is 4.83. The van der Waals surface area contributed by atoms with Crippen molar-refractivity contribution in [2.45, 2.75) is 26.2 Å². The van der Waals surface area contributed by atoms with E-state index in [-0.39, 0.29) is 6.61 Å². The molecule has 1 nitrogen and oxygen atoms in total. The van der Waals surface area contributed by atoms with Gasteiger partial charge in [-0.05, 0) is 6.42 Å². The summed E-state index contributed by atoms with van der Waals surface area (Å²) in [5, 5.41) is 7.80. The number of hydrogen-bond acceptors (Lipinski definition) is 2. The second-order valence-corrected chi connectivity index (χ2v) is 2.33. The van der Waals surface area contributed by atoms with Crippen LogP contribution in [0.4, 0.5) is 0 Å². The fourth-order valence-corrected chi connectivity index (χ4v) is 0.348. The van der Waals surface area contributed by atoms with Crippen molar-refractivity contribution in [3.05, 3.63) is 12.7 Å². The Morgan fingerprint density at radius 1 is 1.60 bits per heavy atom. The maximum Gasteiger partial charge on any atom is 0.0519 e. The van der Waals surface area contributed by atoms with Crippen molar-refractivity contribution in [2.24, 2.45) is 0 Å². The average molecular weight is 162 g/mol. The second-order valence-electron chi connectivity index (χ2n) is 1.88. The van der Waals surface area contributed by atoms with Crippen LogP contribution in [0.25, 0.3) is 0 Å². The van der Waals surface area contributed by atoms with Gasteiger partial charge in [0, 0.05) is 5.75 Å². The van der Waals surface area contributed by atoms with Gasteiger partial charge in [-0.1, -0.05) is 25.8 Å². The van der Waals surface area contributed by atoms with Crippen molar-refractivity contribution < 1.29 is 5.11 Å². The van der Waals surface area contributed by atoms with E-state index >= 15 is 0 Å². The number of aliphatic hydroxyl groups is 1. The average Bonchev–Trinajstić information content (AvgIpc) is 2.01. The van der Waals surface area contributed by atoms with Gasteiger partial charge in [0.05, 0.1) is 6.61 Å². The molecule has 0 aliphatic rings. The molecule has 0 spiro atoms.